The Bertz CT molecular complexity index is 169. The van der Waals surface area contributed by atoms with Crippen LogP contribution in [0.1, 0.15) is 0 Å². The van der Waals surface area contributed by atoms with E-state index < -0.39 is 10.8 Å². The molecule has 0 aliphatic carbocycles. The molecular weight excluding hydrogens is 168 g/mol. The van der Waals surface area contributed by atoms with Gasteiger partial charge in [-0.05, 0) is 0 Å². The van der Waals surface area contributed by atoms with Crippen LogP contribution >= 0.6 is 11.8 Å². The van der Waals surface area contributed by atoms with Crippen LogP contribution in [-0.2, 0) is 10.8 Å². The number of thioether (sulfide) groups is 1. The molecule has 1 rings (SSSR count). The maximum Gasteiger partial charge on any atom is 0.155 e. The van der Waals surface area contributed by atoms with Gasteiger partial charge in [-0.2, -0.15) is 0 Å². The van der Waals surface area contributed by atoms with Gasteiger partial charge in [-0.1, -0.05) is 11.8 Å². The molecule has 0 bridgehead atoms. The van der Waals surface area contributed by atoms with Gasteiger partial charge in [0, 0.05) is 18.1 Å². The molecule has 0 fully saturated rings. The van der Waals surface area contributed by atoms with Gasteiger partial charge in [-0.25, -0.2) is 0 Å². The van der Waals surface area contributed by atoms with Crippen LogP contribution in [0.3, 0.4) is 0 Å². The van der Waals surface area contributed by atoms with E-state index in [1.54, 1.807) is 11.8 Å². The second kappa shape index (κ2) is 4.10. The second-order valence-corrected chi connectivity index (χ2v) is 4.66. The summed E-state index contributed by atoms with van der Waals surface area (Å²) >= 11 is 1.58. The van der Waals surface area contributed by atoms with Crippen molar-refractivity contribution in [3.05, 3.63) is 0 Å². The first-order chi connectivity index (χ1) is 4.84. The normalized spacial score (nSPS) is 20.7. The molecule has 1 aliphatic heterocycles. The Hall–Kier alpha value is 0.130. The molecule has 58 valence electrons. The second-order valence-electron chi connectivity index (χ2n) is 1.83. The van der Waals surface area contributed by atoms with Crippen molar-refractivity contribution in [3.8, 4) is 0 Å². The van der Waals surface area contributed by atoms with E-state index in [1.807, 2.05) is 0 Å². The van der Waals surface area contributed by atoms with Gasteiger partial charge in [0.25, 0.3) is 0 Å². The van der Waals surface area contributed by atoms with E-state index in [-0.39, 0.29) is 0 Å². The van der Waals surface area contributed by atoms with Gasteiger partial charge in [0.2, 0.25) is 0 Å². The highest BCUT2D eigenvalue weighted by atomic mass is 32.2. The molecule has 1 unspecified atom stereocenters. The van der Waals surface area contributed by atoms with Gasteiger partial charge in [-0.3, -0.25) is 9.20 Å². The quantitative estimate of drug-likeness (QED) is 0.637. The van der Waals surface area contributed by atoms with E-state index in [0.29, 0.717) is 12.3 Å². The Morgan fingerprint density at radius 1 is 1.80 bits per heavy atom. The highest BCUT2D eigenvalue weighted by Gasteiger charge is 2.12. The molecular formula is C5H10N2OS2. The van der Waals surface area contributed by atoms with Gasteiger partial charge in [0.15, 0.2) is 4.38 Å². The molecule has 5 heteroatoms. The van der Waals surface area contributed by atoms with E-state index in [4.69, 9.17) is 5.73 Å². The minimum absolute atomic E-state index is 0.478. The lowest BCUT2D eigenvalue weighted by atomic mass is 10.8. The Morgan fingerprint density at radius 2 is 2.60 bits per heavy atom. The summed E-state index contributed by atoms with van der Waals surface area (Å²) in [5.41, 5.74) is 5.24. The summed E-state index contributed by atoms with van der Waals surface area (Å²) in [7, 11) is -0.907. The molecule has 0 spiro atoms. The molecule has 0 radical (unpaired) electrons. The molecule has 0 aromatic rings. The summed E-state index contributed by atoms with van der Waals surface area (Å²) in [6.07, 6.45) is 0. The van der Waals surface area contributed by atoms with Crippen molar-refractivity contribution in [3.63, 3.8) is 0 Å². The van der Waals surface area contributed by atoms with Crippen molar-refractivity contribution in [1.82, 2.24) is 0 Å². The van der Waals surface area contributed by atoms with E-state index in [0.717, 1.165) is 16.7 Å². The van der Waals surface area contributed by atoms with Gasteiger partial charge in [0.05, 0.1) is 17.3 Å². The van der Waals surface area contributed by atoms with Crippen molar-refractivity contribution < 1.29 is 4.21 Å². The van der Waals surface area contributed by atoms with E-state index >= 15 is 0 Å². The van der Waals surface area contributed by atoms with Crippen LogP contribution in [0.15, 0.2) is 4.99 Å². The Kier molecular flexibility index (Phi) is 3.37. The largest absolute Gasteiger partial charge is 0.330 e. The predicted octanol–water partition coefficient (Wildman–Crippen LogP) is -0.203. The molecule has 1 aliphatic rings. The van der Waals surface area contributed by atoms with Crippen molar-refractivity contribution in [2.24, 2.45) is 10.7 Å². The fourth-order valence-corrected chi connectivity index (χ4v) is 2.84. The Labute approximate surface area is 66.9 Å². The summed E-state index contributed by atoms with van der Waals surface area (Å²) in [6, 6.07) is 0. The van der Waals surface area contributed by atoms with E-state index in [1.165, 1.54) is 0 Å². The number of hydrogen-bond donors (Lipinski definition) is 1. The van der Waals surface area contributed by atoms with Gasteiger partial charge in [-0.15, -0.1) is 0 Å². The van der Waals surface area contributed by atoms with E-state index in [2.05, 4.69) is 4.99 Å². The molecule has 10 heavy (non-hydrogen) atoms. The average Bonchev–Trinajstić information content (AvgIpc) is 2.38. The van der Waals surface area contributed by atoms with Crippen LogP contribution in [0.25, 0.3) is 0 Å². The number of nitrogens with zero attached hydrogens (tertiary/aromatic N) is 1. The minimum atomic E-state index is -0.907. The van der Waals surface area contributed by atoms with Crippen LogP contribution in [0.5, 0.6) is 0 Å². The Balaban J connectivity index is 2.40. The maximum absolute atomic E-state index is 11.1. The SMILES string of the molecule is NCCS(=O)C1=NCCS1. The summed E-state index contributed by atoms with van der Waals surface area (Å²) in [5.74, 6) is 1.53. The smallest absolute Gasteiger partial charge is 0.155 e. The lowest BCUT2D eigenvalue weighted by molar-refractivity contribution is 0.689. The van der Waals surface area contributed by atoms with Crippen LogP contribution in [0, 0.1) is 0 Å². The zero-order chi connectivity index (χ0) is 7.40. The fourth-order valence-electron chi connectivity index (χ4n) is 0.648. The molecule has 1 heterocycles. The van der Waals surface area contributed by atoms with Crippen molar-refractivity contribution in [1.29, 1.82) is 0 Å². The number of nitrogens with two attached hydrogens (primary N) is 1. The van der Waals surface area contributed by atoms with Crippen molar-refractivity contribution in [2.45, 2.75) is 0 Å². The average molecular weight is 178 g/mol. The monoisotopic (exact) mass is 178 g/mol. The Morgan fingerprint density at radius 3 is 3.10 bits per heavy atom. The molecule has 3 nitrogen and oxygen atoms in total. The zero-order valence-corrected chi connectivity index (χ0v) is 7.21. The maximum atomic E-state index is 11.1. The lowest BCUT2D eigenvalue weighted by Crippen LogP contribution is -2.14. The van der Waals surface area contributed by atoms with E-state index in [9.17, 15) is 4.21 Å². The summed E-state index contributed by atoms with van der Waals surface area (Å²) in [5, 5.41) is 0. The van der Waals surface area contributed by atoms with Gasteiger partial charge in [0.1, 0.15) is 0 Å². The number of hydrogen-bond acceptors (Lipinski definition) is 4. The predicted molar refractivity (Wildman–Crippen MR) is 46.8 cm³/mol. The molecule has 0 saturated heterocycles. The third-order valence-corrected chi connectivity index (χ3v) is 3.85. The van der Waals surface area contributed by atoms with Crippen LogP contribution in [0.2, 0.25) is 0 Å². The molecule has 1 atom stereocenters. The van der Waals surface area contributed by atoms with Crippen molar-refractivity contribution in [2.75, 3.05) is 24.6 Å². The van der Waals surface area contributed by atoms with Crippen LogP contribution < -0.4 is 5.73 Å². The highest BCUT2D eigenvalue weighted by molar-refractivity contribution is 8.33. The van der Waals surface area contributed by atoms with Crippen LogP contribution in [-0.4, -0.2) is 33.2 Å². The highest BCUT2D eigenvalue weighted by Crippen LogP contribution is 2.14. The standard InChI is InChI=1S/C5H10N2OS2/c6-1-4-10(8)5-7-2-3-9-5/h1-4,6H2. The lowest BCUT2D eigenvalue weighted by Gasteiger charge is -1.95. The minimum Gasteiger partial charge on any atom is -0.330 e. The van der Waals surface area contributed by atoms with Gasteiger partial charge < -0.3 is 5.73 Å². The first-order valence-electron chi connectivity index (χ1n) is 3.10. The fraction of sp³-hybridized carbons (Fsp3) is 0.800. The third-order valence-electron chi connectivity index (χ3n) is 1.06. The summed E-state index contributed by atoms with van der Waals surface area (Å²) in [6.45, 7) is 1.29. The molecule has 0 amide bonds. The summed E-state index contributed by atoms with van der Waals surface area (Å²) < 4.78 is 11.9. The summed E-state index contributed by atoms with van der Waals surface area (Å²) in [4.78, 5) is 4.08. The molecule has 0 saturated carbocycles. The topological polar surface area (TPSA) is 55.5 Å². The first kappa shape index (κ1) is 8.23. The molecule has 0 aromatic carbocycles. The zero-order valence-electron chi connectivity index (χ0n) is 5.58. The molecule has 0 aromatic heterocycles. The van der Waals surface area contributed by atoms with Crippen molar-refractivity contribution >= 4 is 26.9 Å². The first-order valence-corrected chi connectivity index (χ1v) is 5.40. The van der Waals surface area contributed by atoms with Gasteiger partial charge >= 0.3 is 0 Å². The third kappa shape index (κ3) is 2.07. The number of rotatable bonds is 2. The number of aliphatic imine (C=N–C) groups is 1. The van der Waals surface area contributed by atoms with Crippen LogP contribution in [0.4, 0.5) is 0 Å². The molecule has 2 N–H and O–H groups in total.